The molecule has 4 aliphatic rings. The molecule has 1 saturated heterocycles. The van der Waals surface area contributed by atoms with Gasteiger partial charge in [0, 0.05) is 29.6 Å². The number of hydrogen-bond donors (Lipinski definition) is 2. The molecule has 6 rings (SSSR count). The molecule has 2 aromatic carbocycles. The number of anilines is 1. The van der Waals surface area contributed by atoms with Gasteiger partial charge in [-0.1, -0.05) is 29.8 Å². The van der Waals surface area contributed by atoms with Gasteiger partial charge in [-0.3, -0.25) is 4.79 Å². The number of nitrogens with one attached hydrogen (secondary N) is 1. The molecule has 8 nitrogen and oxygen atoms in total. The van der Waals surface area contributed by atoms with Crippen LogP contribution in [-0.4, -0.2) is 57.1 Å². The standard InChI is InChI=1S/C31H37ClN2O6S/c32-25-10-7-23-18-40-29-12-9-21-15-27(29)34(13-2-1-4-20(23)14-25)16-22-8-11-26(22)28(35)6-3-5-24-17-39-19-30(24)41(37,38)33-31(21)36/h3,6-7,9-10,12,14-15,22,24,26,28,30,35H,1-2,4-5,8,11,13,16-19H2,(H,33,36)/b6-3+/t22-,24-,26+,28+,30-/m0/s1. The molecular weight excluding hydrogens is 564 g/mol. The number of allylic oxidation sites excluding steroid dienone is 1. The second-order valence-electron chi connectivity index (χ2n) is 11.8. The van der Waals surface area contributed by atoms with Crippen molar-refractivity contribution in [3.8, 4) is 5.75 Å². The summed E-state index contributed by atoms with van der Waals surface area (Å²) in [6, 6.07) is 11.0. The molecule has 1 amide bonds. The Morgan fingerprint density at radius 3 is 2.73 bits per heavy atom. The zero-order chi connectivity index (χ0) is 28.6. The number of aliphatic hydroxyl groups is 1. The molecule has 0 unspecified atom stereocenters. The third kappa shape index (κ3) is 6.14. The Morgan fingerprint density at radius 2 is 1.90 bits per heavy atom. The van der Waals surface area contributed by atoms with Gasteiger partial charge in [0.2, 0.25) is 10.0 Å². The number of amides is 1. The van der Waals surface area contributed by atoms with Gasteiger partial charge >= 0.3 is 0 Å². The number of aryl methyl sites for hydroxylation is 1. The van der Waals surface area contributed by atoms with Crippen molar-refractivity contribution in [1.82, 2.24) is 4.72 Å². The molecule has 3 heterocycles. The normalized spacial score (nSPS) is 30.7. The van der Waals surface area contributed by atoms with Gasteiger partial charge in [0.05, 0.1) is 25.0 Å². The number of aliphatic hydroxyl groups excluding tert-OH is 1. The van der Waals surface area contributed by atoms with E-state index < -0.39 is 27.3 Å². The minimum absolute atomic E-state index is 0.0346. The van der Waals surface area contributed by atoms with Gasteiger partial charge in [-0.05, 0) is 91.8 Å². The van der Waals surface area contributed by atoms with E-state index in [0.717, 1.165) is 49.9 Å². The van der Waals surface area contributed by atoms with Crippen molar-refractivity contribution >= 4 is 33.2 Å². The first-order chi connectivity index (χ1) is 19.8. The van der Waals surface area contributed by atoms with E-state index in [1.807, 2.05) is 30.4 Å². The van der Waals surface area contributed by atoms with Gasteiger partial charge < -0.3 is 19.5 Å². The van der Waals surface area contributed by atoms with Crippen molar-refractivity contribution in [1.29, 1.82) is 0 Å². The van der Waals surface area contributed by atoms with Crippen LogP contribution >= 0.6 is 11.6 Å². The van der Waals surface area contributed by atoms with E-state index in [2.05, 4.69) is 9.62 Å². The highest BCUT2D eigenvalue weighted by Crippen LogP contribution is 2.41. The Hall–Kier alpha value is -2.59. The lowest BCUT2D eigenvalue weighted by molar-refractivity contribution is 0.0460. The highest BCUT2D eigenvalue weighted by atomic mass is 35.5. The van der Waals surface area contributed by atoms with E-state index in [1.165, 1.54) is 5.56 Å². The van der Waals surface area contributed by atoms with E-state index >= 15 is 0 Å². The molecule has 2 bridgehead atoms. The molecule has 10 heteroatoms. The fourth-order valence-corrected chi connectivity index (χ4v) is 8.27. The first kappa shape index (κ1) is 28.5. The third-order valence-electron chi connectivity index (χ3n) is 9.15. The zero-order valence-corrected chi connectivity index (χ0v) is 24.6. The van der Waals surface area contributed by atoms with Gasteiger partial charge in [-0.15, -0.1) is 0 Å². The number of rotatable bonds is 0. The molecule has 2 fully saturated rings. The predicted octanol–water partition coefficient (Wildman–Crippen LogP) is 4.48. The predicted molar refractivity (Wildman–Crippen MR) is 158 cm³/mol. The molecular formula is C31H37ClN2O6S. The summed E-state index contributed by atoms with van der Waals surface area (Å²) in [5.41, 5.74) is 3.26. The maximum atomic E-state index is 13.3. The van der Waals surface area contributed by atoms with E-state index in [9.17, 15) is 18.3 Å². The highest BCUT2D eigenvalue weighted by Gasteiger charge is 2.40. The number of sulfonamides is 1. The van der Waals surface area contributed by atoms with E-state index in [1.54, 1.807) is 18.2 Å². The van der Waals surface area contributed by atoms with Gasteiger partial charge in [0.15, 0.2) is 0 Å². The minimum atomic E-state index is -3.98. The van der Waals surface area contributed by atoms with Crippen LogP contribution in [0, 0.1) is 17.8 Å². The third-order valence-corrected chi connectivity index (χ3v) is 11.2. The largest absolute Gasteiger partial charge is 0.487 e. The van der Waals surface area contributed by atoms with Crippen molar-refractivity contribution in [3.05, 3.63) is 70.3 Å². The molecule has 2 N–H and O–H groups in total. The number of fused-ring (bicyclic) bond motifs is 4. The summed E-state index contributed by atoms with van der Waals surface area (Å²) in [5.74, 6) is 0.0972. The van der Waals surface area contributed by atoms with Crippen molar-refractivity contribution in [2.24, 2.45) is 17.8 Å². The number of carbonyl (C=O) groups excluding carboxylic acids is 1. The average Bonchev–Trinajstić information content (AvgIpc) is 3.39. The average molecular weight is 601 g/mol. The Morgan fingerprint density at radius 1 is 1.02 bits per heavy atom. The molecule has 1 aliphatic carbocycles. The van der Waals surface area contributed by atoms with Crippen LogP contribution in [0.25, 0.3) is 0 Å². The Labute approximate surface area is 246 Å². The van der Waals surface area contributed by atoms with Gasteiger partial charge in [0.25, 0.3) is 5.91 Å². The van der Waals surface area contributed by atoms with Crippen LogP contribution in [0.5, 0.6) is 5.75 Å². The summed E-state index contributed by atoms with van der Waals surface area (Å²) in [4.78, 5) is 15.6. The topological polar surface area (TPSA) is 105 Å². The first-order valence-electron chi connectivity index (χ1n) is 14.6. The molecule has 220 valence electrons. The van der Waals surface area contributed by atoms with Crippen LogP contribution in [0.3, 0.4) is 0 Å². The Balaban J connectivity index is 1.38. The second kappa shape index (κ2) is 12.0. The lowest BCUT2D eigenvalue weighted by atomic mass is 9.70. The van der Waals surface area contributed by atoms with Crippen LogP contribution in [0.1, 0.15) is 53.6 Å². The van der Waals surface area contributed by atoms with Crippen LogP contribution in [0.4, 0.5) is 5.69 Å². The fraction of sp³-hybridized carbons (Fsp3) is 0.516. The van der Waals surface area contributed by atoms with Crippen molar-refractivity contribution in [2.75, 3.05) is 31.2 Å². The van der Waals surface area contributed by atoms with Crippen molar-refractivity contribution in [3.63, 3.8) is 0 Å². The minimum Gasteiger partial charge on any atom is -0.487 e. The molecule has 0 spiro atoms. The Kier molecular flexibility index (Phi) is 8.32. The smallest absolute Gasteiger partial charge is 0.264 e. The molecule has 0 aromatic heterocycles. The quantitative estimate of drug-likeness (QED) is 0.430. The van der Waals surface area contributed by atoms with Gasteiger partial charge in [-0.25, -0.2) is 13.1 Å². The highest BCUT2D eigenvalue weighted by molar-refractivity contribution is 7.90. The van der Waals surface area contributed by atoms with E-state index in [0.29, 0.717) is 37.0 Å². The number of benzene rings is 2. The number of hydrogen-bond acceptors (Lipinski definition) is 7. The molecule has 41 heavy (non-hydrogen) atoms. The fourth-order valence-electron chi connectivity index (χ4n) is 6.57. The summed E-state index contributed by atoms with van der Waals surface area (Å²) < 4.78 is 40.8. The monoisotopic (exact) mass is 600 g/mol. The van der Waals surface area contributed by atoms with Crippen molar-refractivity contribution < 1.29 is 27.8 Å². The molecule has 5 atom stereocenters. The van der Waals surface area contributed by atoms with Crippen LogP contribution in [-0.2, 0) is 27.8 Å². The van der Waals surface area contributed by atoms with Gasteiger partial charge in [-0.2, -0.15) is 0 Å². The van der Waals surface area contributed by atoms with Crippen molar-refractivity contribution in [2.45, 2.75) is 56.5 Å². The SMILES string of the molecule is O=C1NS(=O)(=O)[C@H]2COC[C@@H]2C/C=C/[C@@H](O)[C@@H]2CC[C@H]2CN2CCCCc3cc(Cl)ccc3COc3ccc1cc32. The van der Waals surface area contributed by atoms with Crippen LogP contribution in [0.2, 0.25) is 5.02 Å². The summed E-state index contributed by atoms with van der Waals surface area (Å²) in [5, 5.41) is 10.9. The Bertz CT molecular complexity index is 1430. The van der Waals surface area contributed by atoms with E-state index in [4.69, 9.17) is 21.1 Å². The van der Waals surface area contributed by atoms with Crippen LogP contribution in [0.15, 0.2) is 48.6 Å². The lowest BCUT2D eigenvalue weighted by Gasteiger charge is -2.42. The lowest BCUT2D eigenvalue weighted by Crippen LogP contribution is -2.44. The van der Waals surface area contributed by atoms with Gasteiger partial charge in [0.1, 0.15) is 17.6 Å². The summed E-state index contributed by atoms with van der Waals surface area (Å²) >= 11 is 6.30. The molecule has 0 radical (unpaired) electrons. The first-order valence-corrected chi connectivity index (χ1v) is 16.5. The summed E-state index contributed by atoms with van der Waals surface area (Å²) in [7, 11) is -3.98. The summed E-state index contributed by atoms with van der Waals surface area (Å²) in [6.45, 7) is 2.14. The molecule has 3 aliphatic heterocycles. The zero-order valence-electron chi connectivity index (χ0n) is 23.0. The number of nitrogens with zero attached hydrogens (tertiary/aromatic N) is 1. The van der Waals surface area contributed by atoms with Crippen LogP contribution < -0.4 is 14.4 Å². The molecule has 1 saturated carbocycles. The second-order valence-corrected chi connectivity index (χ2v) is 14.1. The summed E-state index contributed by atoms with van der Waals surface area (Å²) in [6.07, 6.45) is 8.28. The molecule has 2 aromatic rings. The van der Waals surface area contributed by atoms with E-state index in [-0.39, 0.29) is 29.9 Å². The maximum Gasteiger partial charge on any atom is 0.264 e. The number of ether oxygens (including phenoxy) is 2. The number of halogens is 1. The number of carbonyl (C=O) groups is 1. The maximum absolute atomic E-state index is 13.3.